The van der Waals surface area contributed by atoms with Crippen LogP contribution < -0.4 is 11.2 Å². The van der Waals surface area contributed by atoms with Gasteiger partial charge in [0.1, 0.15) is 12.3 Å². The number of hydrogen-bond acceptors (Lipinski definition) is 6. The van der Waals surface area contributed by atoms with Gasteiger partial charge in [0, 0.05) is 6.42 Å². The molecule has 1 aliphatic rings. The molecule has 12 heteroatoms. The smallest absolute Gasteiger partial charge is 0.390 e. The highest BCUT2D eigenvalue weighted by atomic mass is 31.2. The topological polar surface area (TPSA) is 151 Å². The Balaban J connectivity index is 2.14. The molecule has 0 spiro atoms. The lowest BCUT2D eigenvalue weighted by molar-refractivity contribution is -0.0453. The zero-order valence-corrected chi connectivity index (χ0v) is 11.3. The largest absolute Gasteiger partial charge is 0.469 e. The van der Waals surface area contributed by atoms with Crippen molar-refractivity contribution in [3.8, 4) is 0 Å². The minimum atomic E-state index is -4.73. The molecule has 1 aromatic heterocycles. The number of phosphoric acid groups is 1. The predicted molar refractivity (Wildman–Crippen MR) is 63.8 cm³/mol. The summed E-state index contributed by atoms with van der Waals surface area (Å²) in [5.41, 5.74) is -2.12. The molecular weight excluding hydrogens is 314 g/mol. The summed E-state index contributed by atoms with van der Waals surface area (Å²) in [4.78, 5) is 41.3. The Morgan fingerprint density at radius 3 is 2.81 bits per heavy atom. The van der Waals surface area contributed by atoms with Crippen LogP contribution in [0.3, 0.4) is 0 Å². The number of ether oxygens (including phenoxy) is 1. The van der Waals surface area contributed by atoms with Crippen LogP contribution in [0.15, 0.2) is 15.8 Å². The van der Waals surface area contributed by atoms with E-state index in [1.807, 2.05) is 0 Å². The Morgan fingerprint density at radius 1 is 1.52 bits per heavy atom. The number of rotatable bonds is 4. The van der Waals surface area contributed by atoms with Crippen molar-refractivity contribution in [3.05, 3.63) is 32.9 Å². The number of aliphatic hydroxyl groups excluding tert-OH is 1. The Kier molecular flexibility index (Phi) is 4.42. The van der Waals surface area contributed by atoms with Crippen LogP contribution in [0, 0.1) is 5.82 Å². The lowest BCUT2D eigenvalue weighted by Gasteiger charge is -2.16. The van der Waals surface area contributed by atoms with E-state index in [1.165, 1.54) is 0 Å². The molecule has 2 rings (SSSR count). The Labute approximate surface area is 116 Å². The minimum Gasteiger partial charge on any atom is -0.390 e. The maximum Gasteiger partial charge on any atom is 0.469 e. The molecule has 1 fully saturated rings. The first-order valence-corrected chi connectivity index (χ1v) is 7.25. The van der Waals surface area contributed by atoms with Gasteiger partial charge < -0.3 is 19.6 Å². The fourth-order valence-corrected chi connectivity index (χ4v) is 2.22. The first-order valence-electron chi connectivity index (χ1n) is 5.72. The van der Waals surface area contributed by atoms with Crippen LogP contribution >= 0.6 is 7.82 Å². The van der Waals surface area contributed by atoms with Crippen LogP contribution in [0.1, 0.15) is 12.6 Å². The molecule has 0 aliphatic carbocycles. The van der Waals surface area contributed by atoms with E-state index < -0.39 is 49.9 Å². The molecule has 1 saturated heterocycles. The molecule has 0 radical (unpaired) electrons. The van der Waals surface area contributed by atoms with Gasteiger partial charge in [0.15, 0.2) is 0 Å². The number of phosphoric ester groups is 1. The molecule has 0 saturated carbocycles. The van der Waals surface area contributed by atoms with E-state index in [2.05, 4.69) is 4.52 Å². The summed E-state index contributed by atoms with van der Waals surface area (Å²) in [5, 5.41) is 9.69. The van der Waals surface area contributed by atoms with Crippen LogP contribution in [-0.2, 0) is 13.8 Å². The van der Waals surface area contributed by atoms with E-state index in [0.29, 0.717) is 6.20 Å². The van der Waals surface area contributed by atoms with Crippen LogP contribution in [0.2, 0.25) is 0 Å². The van der Waals surface area contributed by atoms with E-state index >= 15 is 0 Å². The summed E-state index contributed by atoms with van der Waals surface area (Å²) in [5.74, 6) is -1.21. The molecule has 3 atom stereocenters. The third-order valence-electron chi connectivity index (χ3n) is 2.85. The zero-order valence-electron chi connectivity index (χ0n) is 10.4. The van der Waals surface area contributed by atoms with Crippen molar-refractivity contribution in [3.63, 3.8) is 0 Å². The van der Waals surface area contributed by atoms with Crippen molar-refractivity contribution in [2.45, 2.75) is 24.9 Å². The molecule has 1 aliphatic heterocycles. The van der Waals surface area contributed by atoms with Crippen molar-refractivity contribution >= 4 is 7.82 Å². The lowest BCUT2D eigenvalue weighted by atomic mass is 10.2. The molecule has 0 amide bonds. The number of aliphatic hydroxyl groups is 1. The highest BCUT2D eigenvalue weighted by molar-refractivity contribution is 7.46. The second-order valence-corrected chi connectivity index (χ2v) is 5.60. The first kappa shape index (κ1) is 16.0. The van der Waals surface area contributed by atoms with Gasteiger partial charge in [-0.2, -0.15) is 4.39 Å². The van der Waals surface area contributed by atoms with Gasteiger partial charge in [-0.05, 0) is 0 Å². The molecule has 118 valence electrons. The maximum atomic E-state index is 13.2. The van der Waals surface area contributed by atoms with Crippen LogP contribution in [0.5, 0.6) is 0 Å². The van der Waals surface area contributed by atoms with Gasteiger partial charge in [-0.1, -0.05) is 0 Å². The van der Waals surface area contributed by atoms with Gasteiger partial charge in [0.25, 0.3) is 5.56 Å². The van der Waals surface area contributed by atoms with E-state index in [4.69, 9.17) is 14.5 Å². The Morgan fingerprint density at radius 2 is 2.19 bits per heavy atom. The predicted octanol–water partition coefficient (Wildman–Crippen LogP) is -1.57. The molecular formula is C9H12FN2O8P. The first-order chi connectivity index (χ1) is 9.67. The summed E-state index contributed by atoms with van der Waals surface area (Å²) in [6.07, 6.45) is -2.89. The molecule has 4 N–H and O–H groups in total. The average molecular weight is 326 g/mol. The quantitative estimate of drug-likeness (QED) is 0.485. The number of H-pyrrole nitrogens is 1. The Bertz CT molecular complexity index is 681. The van der Waals surface area contributed by atoms with Crippen molar-refractivity contribution in [1.82, 2.24) is 9.55 Å². The summed E-state index contributed by atoms with van der Waals surface area (Å²) < 4.78 is 33.9. The number of hydrogen-bond donors (Lipinski definition) is 4. The summed E-state index contributed by atoms with van der Waals surface area (Å²) in [6.45, 7) is -0.609. The standard InChI is InChI=1S/C9H12FN2O8P/c10-4-2-12(9(15)11-8(4)14)7-1-5(13)6(20-7)3-19-21(16,17)18/h2,5-7,13H,1,3H2,(H,11,14,15)(H2,16,17,18)/t5?,6?,7-/m1/s1. The third-order valence-corrected chi connectivity index (χ3v) is 3.33. The number of aromatic amines is 1. The molecule has 0 bridgehead atoms. The zero-order chi connectivity index (χ0) is 15.8. The second-order valence-electron chi connectivity index (χ2n) is 4.36. The monoisotopic (exact) mass is 326 g/mol. The minimum absolute atomic E-state index is 0.138. The van der Waals surface area contributed by atoms with Crippen molar-refractivity contribution in [1.29, 1.82) is 0 Å². The maximum absolute atomic E-state index is 13.2. The number of nitrogens with zero attached hydrogens (tertiary/aromatic N) is 1. The Hall–Kier alpha value is -1.36. The summed E-state index contributed by atoms with van der Waals surface area (Å²) in [7, 11) is -4.73. The van der Waals surface area contributed by atoms with E-state index in [9.17, 15) is 23.7 Å². The highest BCUT2D eigenvalue weighted by Gasteiger charge is 2.37. The summed E-state index contributed by atoms with van der Waals surface area (Å²) >= 11 is 0. The second kappa shape index (κ2) is 5.79. The van der Waals surface area contributed by atoms with Gasteiger partial charge in [-0.15, -0.1) is 0 Å². The van der Waals surface area contributed by atoms with Crippen LogP contribution in [0.25, 0.3) is 0 Å². The normalized spacial score (nSPS) is 26.2. The fraction of sp³-hybridized carbons (Fsp3) is 0.556. The molecule has 2 unspecified atom stereocenters. The van der Waals surface area contributed by atoms with Crippen LogP contribution in [0.4, 0.5) is 4.39 Å². The van der Waals surface area contributed by atoms with Crippen molar-refractivity contribution in [2.75, 3.05) is 6.61 Å². The molecule has 21 heavy (non-hydrogen) atoms. The fourth-order valence-electron chi connectivity index (χ4n) is 1.88. The van der Waals surface area contributed by atoms with Gasteiger partial charge in [0.2, 0.25) is 5.82 Å². The SMILES string of the molecule is O=c1[nH]c(=O)n([C@H]2CC(O)C(COP(=O)(O)O)O2)cc1F. The third kappa shape index (κ3) is 3.84. The number of aromatic nitrogens is 2. The van der Waals surface area contributed by atoms with Crippen LogP contribution in [-0.4, -0.2) is 43.3 Å². The molecule has 10 nitrogen and oxygen atoms in total. The van der Waals surface area contributed by atoms with E-state index in [0.717, 1.165) is 4.57 Å². The summed E-state index contributed by atoms with van der Waals surface area (Å²) in [6, 6.07) is 0. The van der Waals surface area contributed by atoms with Gasteiger partial charge >= 0.3 is 13.5 Å². The molecule has 2 heterocycles. The highest BCUT2D eigenvalue weighted by Crippen LogP contribution is 2.38. The molecule has 1 aromatic rings. The molecule has 0 aromatic carbocycles. The van der Waals surface area contributed by atoms with E-state index in [1.54, 1.807) is 4.98 Å². The number of nitrogens with one attached hydrogen (secondary N) is 1. The van der Waals surface area contributed by atoms with Crippen molar-refractivity contribution in [2.24, 2.45) is 0 Å². The van der Waals surface area contributed by atoms with E-state index in [-0.39, 0.29) is 6.42 Å². The van der Waals surface area contributed by atoms with Gasteiger partial charge in [-0.3, -0.25) is 18.9 Å². The lowest BCUT2D eigenvalue weighted by Crippen LogP contribution is -2.34. The number of halogens is 1. The van der Waals surface area contributed by atoms with Gasteiger partial charge in [0.05, 0.1) is 18.9 Å². The average Bonchev–Trinajstić information content (AvgIpc) is 2.72. The van der Waals surface area contributed by atoms with Crippen molar-refractivity contribution < 1.29 is 33.1 Å². The van der Waals surface area contributed by atoms with Gasteiger partial charge in [-0.25, -0.2) is 9.36 Å².